The zero-order chi connectivity index (χ0) is 9.31. The summed E-state index contributed by atoms with van der Waals surface area (Å²) in [6.07, 6.45) is 7.49. The summed E-state index contributed by atoms with van der Waals surface area (Å²) in [5, 5.41) is 8.59. The van der Waals surface area contributed by atoms with E-state index >= 15 is 0 Å². The number of rotatable bonds is 3. The highest BCUT2D eigenvalue weighted by molar-refractivity contribution is 6.23. The average molecular weight is 201 g/mol. The molecular formula is C10H17ClN2. The second kappa shape index (κ2) is 3.56. The molecule has 2 rings (SSSR count). The van der Waals surface area contributed by atoms with E-state index in [9.17, 15) is 0 Å². The Labute approximate surface area is 84.8 Å². The first-order valence-corrected chi connectivity index (χ1v) is 5.67. The van der Waals surface area contributed by atoms with Gasteiger partial charge in [0.15, 0.2) is 5.00 Å². The van der Waals surface area contributed by atoms with Gasteiger partial charge in [-0.25, -0.2) is 0 Å². The van der Waals surface area contributed by atoms with Gasteiger partial charge in [0.2, 0.25) is 0 Å². The molecule has 0 spiro atoms. The highest BCUT2D eigenvalue weighted by Crippen LogP contribution is 2.41. The average Bonchev–Trinajstić information content (AvgIpc) is 1.76. The molecule has 1 unspecified atom stereocenters. The van der Waals surface area contributed by atoms with Gasteiger partial charge in [0.05, 0.1) is 6.04 Å². The molecule has 0 N–H and O–H groups in total. The van der Waals surface area contributed by atoms with E-state index in [4.69, 9.17) is 11.6 Å². The van der Waals surface area contributed by atoms with Gasteiger partial charge in [-0.15, -0.1) is 0 Å². The Morgan fingerprint density at radius 3 is 2.15 bits per heavy atom. The van der Waals surface area contributed by atoms with E-state index in [-0.39, 0.29) is 0 Å². The van der Waals surface area contributed by atoms with E-state index in [2.05, 4.69) is 10.2 Å². The van der Waals surface area contributed by atoms with Crippen molar-refractivity contribution in [3.8, 4) is 0 Å². The first kappa shape index (κ1) is 9.45. The summed E-state index contributed by atoms with van der Waals surface area (Å²) in [6.45, 7) is 2.00. The molecule has 0 aromatic heterocycles. The molecule has 0 saturated heterocycles. The van der Waals surface area contributed by atoms with Crippen LogP contribution in [0.3, 0.4) is 0 Å². The van der Waals surface area contributed by atoms with E-state index < -0.39 is 5.00 Å². The summed E-state index contributed by atoms with van der Waals surface area (Å²) in [4.78, 5) is -0.409. The van der Waals surface area contributed by atoms with Gasteiger partial charge in [-0.2, -0.15) is 10.2 Å². The van der Waals surface area contributed by atoms with Crippen molar-refractivity contribution in [1.82, 2.24) is 0 Å². The van der Waals surface area contributed by atoms with Gasteiger partial charge in [-0.1, -0.05) is 18.0 Å². The molecule has 0 radical (unpaired) electrons. The van der Waals surface area contributed by atoms with E-state index in [0.717, 1.165) is 0 Å². The summed E-state index contributed by atoms with van der Waals surface area (Å²) >= 11 is 6.30. The fourth-order valence-corrected chi connectivity index (χ4v) is 1.98. The van der Waals surface area contributed by atoms with Crippen molar-refractivity contribution in [3.05, 3.63) is 0 Å². The number of hydrogen-bond donors (Lipinski definition) is 0. The van der Waals surface area contributed by atoms with Gasteiger partial charge in [0.25, 0.3) is 0 Å². The molecule has 2 nitrogen and oxygen atoms in total. The summed E-state index contributed by atoms with van der Waals surface area (Å²) in [7, 11) is 0. The van der Waals surface area contributed by atoms with Crippen molar-refractivity contribution in [1.29, 1.82) is 0 Å². The molecule has 0 bridgehead atoms. The predicted molar refractivity (Wildman–Crippen MR) is 54.1 cm³/mol. The highest BCUT2D eigenvalue weighted by atomic mass is 35.5. The lowest BCUT2D eigenvalue weighted by Gasteiger charge is -2.35. The normalized spacial score (nSPS) is 29.7. The Morgan fingerprint density at radius 1 is 1.15 bits per heavy atom. The van der Waals surface area contributed by atoms with Crippen LogP contribution >= 0.6 is 11.6 Å². The molecule has 2 aliphatic carbocycles. The molecule has 0 amide bonds. The summed E-state index contributed by atoms with van der Waals surface area (Å²) in [6, 6.07) is 0.484. The lowest BCUT2D eigenvalue weighted by Crippen LogP contribution is -2.32. The van der Waals surface area contributed by atoms with E-state index in [1.165, 1.54) is 38.5 Å². The zero-order valence-corrected chi connectivity index (χ0v) is 8.93. The van der Waals surface area contributed by atoms with Crippen LogP contribution in [0.1, 0.15) is 45.4 Å². The van der Waals surface area contributed by atoms with Crippen LogP contribution in [0.2, 0.25) is 0 Å². The Bertz CT molecular complexity index is 205. The third-order valence-corrected chi connectivity index (χ3v) is 3.73. The van der Waals surface area contributed by atoms with Crippen molar-refractivity contribution < 1.29 is 0 Å². The molecule has 0 aromatic carbocycles. The second-order valence-corrected chi connectivity index (χ2v) is 5.22. The standard InChI is InChI=1S/C10H17ClN2/c1-10(11,8-4-2-5-8)13-12-9-6-3-7-9/h8-9H,2-7H2,1H3/b13-12+. The molecule has 2 aliphatic rings. The molecule has 0 aliphatic heterocycles. The molecule has 3 heteroatoms. The van der Waals surface area contributed by atoms with E-state index in [0.29, 0.717) is 12.0 Å². The molecule has 0 heterocycles. The second-order valence-electron chi connectivity index (χ2n) is 4.45. The van der Waals surface area contributed by atoms with Crippen LogP contribution in [0.25, 0.3) is 0 Å². The third-order valence-electron chi connectivity index (χ3n) is 3.34. The smallest absolute Gasteiger partial charge is 0.154 e. The SMILES string of the molecule is CC(Cl)(/N=N/C1CCC1)C1CCC1. The van der Waals surface area contributed by atoms with Gasteiger partial charge in [-0.05, 0) is 44.9 Å². The lowest BCUT2D eigenvalue weighted by atomic mass is 9.80. The number of nitrogens with zero attached hydrogens (tertiary/aromatic N) is 2. The topological polar surface area (TPSA) is 24.7 Å². The summed E-state index contributed by atoms with van der Waals surface area (Å²) < 4.78 is 0. The highest BCUT2D eigenvalue weighted by Gasteiger charge is 2.36. The van der Waals surface area contributed by atoms with Gasteiger partial charge in [0, 0.05) is 0 Å². The van der Waals surface area contributed by atoms with Gasteiger partial charge >= 0.3 is 0 Å². The molecular weight excluding hydrogens is 184 g/mol. The maximum absolute atomic E-state index is 6.30. The van der Waals surface area contributed by atoms with Crippen LogP contribution in [0.4, 0.5) is 0 Å². The van der Waals surface area contributed by atoms with Crippen LogP contribution in [-0.4, -0.2) is 11.0 Å². The number of azo groups is 1. The maximum atomic E-state index is 6.30. The van der Waals surface area contributed by atoms with Crippen molar-refractivity contribution in [2.24, 2.45) is 16.1 Å². The van der Waals surface area contributed by atoms with E-state index in [1.807, 2.05) is 6.92 Å². The fraction of sp³-hybridized carbons (Fsp3) is 1.00. The number of halogens is 1. The molecule has 0 aromatic rings. The van der Waals surface area contributed by atoms with Crippen LogP contribution in [0, 0.1) is 5.92 Å². The lowest BCUT2D eigenvalue weighted by molar-refractivity contribution is 0.235. The molecule has 13 heavy (non-hydrogen) atoms. The largest absolute Gasteiger partial charge is 0.189 e. The Kier molecular flexibility index (Phi) is 2.59. The van der Waals surface area contributed by atoms with Crippen molar-refractivity contribution in [3.63, 3.8) is 0 Å². The fourth-order valence-electron chi connectivity index (χ4n) is 1.71. The summed E-state index contributed by atoms with van der Waals surface area (Å²) in [5.74, 6) is 0.568. The molecule has 1 atom stereocenters. The predicted octanol–water partition coefficient (Wildman–Crippen LogP) is 3.75. The third kappa shape index (κ3) is 2.04. The molecule has 74 valence electrons. The van der Waals surface area contributed by atoms with Crippen LogP contribution in [0.15, 0.2) is 10.2 Å². The van der Waals surface area contributed by atoms with Crippen molar-refractivity contribution in [2.75, 3.05) is 0 Å². The minimum Gasteiger partial charge on any atom is -0.189 e. The quantitative estimate of drug-likeness (QED) is 0.377. The zero-order valence-electron chi connectivity index (χ0n) is 8.17. The van der Waals surface area contributed by atoms with Crippen LogP contribution in [-0.2, 0) is 0 Å². The first-order chi connectivity index (χ1) is 6.18. The van der Waals surface area contributed by atoms with Crippen molar-refractivity contribution in [2.45, 2.75) is 56.5 Å². The molecule has 2 saturated carbocycles. The molecule has 2 fully saturated rings. The minimum atomic E-state index is -0.409. The number of hydrogen-bond acceptors (Lipinski definition) is 2. The summed E-state index contributed by atoms with van der Waals surface area (Å²) in [5.41, 5.74) is 0. The van der Waals surface area contributed by atoms with Gasteiger partial charge < -0.3 is 0 Å². The Morgan fingerprint density at radius 2 is 1.77 bits per heavy atom. The monoisotopic (exact) mass is 200 g/mol. The van der Waals surface area contributed by atoms with Crippen LogP contribution in [0.5, 0.6) is 0 Å². The maximum Gasteiger partial charge on any atom is 0.154 e. The van der Waals surface area contributed by atoms with E-state index in [1.54, 1.807) is 0 Å². The van der Waals surface area contributed by atoms with Gasteiger partial charge in [-0.3, -0.25) is 0 Å². The van der Waals surface area contributed by atoms with Crippen molar-refractivity contribution >= 4 is 11.6 Å². The Balaban J connectivity index is 1.86. The first-order valence-electron chi connectivity index (χ1n) is 5.29. The number of alkyl halides is 1. The van der Waals surface area contributed by atoms with Crippen LogP contribution < -0.4 is 0 Å². The Hall–Kier alpha value is -0.110. The van der Waals surface area contributed by atoms with Gasteiger partial charge in [0.1, 0.15) is 0 Å². The minimum absolute atomic E-state index is 0.409.